The van der Waals surface area contributed by atoms with Crippen molar-refractivity contribution < 1.29 is 43.8 Å². The molecule has 0 bridgehead atoms. The van der Waals surface area contributed by atoms with Gasteiger partial charge in [-0.1, -0.05) is 39.0 Å². The van der Waals surface area contributed by atoms with Crippen molar-refractivity contribution in [2.24, 2.45) is 0 Å². The fraction of sp³-hybridized carbons (Fsp3) is 1.00. The van der Waals surface area contributed by atoms with Gasteiger partial charge in [-0.3, -0.25) is 0 Å². The predicted molar refractivity (Wildman–Crippen MR) is 105 cm³/mol. The number of nitrogens with zero attached hydrogens (tertiary/aromatic N) is 1. The van der Waals surface area contributed by atoms with Gasteiger partial charge >= 0.3 is 17.1 Å². The molecule has 4 nitrogen and oxygen atoms in total. The molecular formula is C19H37F6NO3S. The van der Waals surface area contributed by atoms with Gasteiger partial charge < -0.3 is 9.04 Å². The van der Waals surface area contributed by atoms with E-state index in [0.29, 0.717) is 12.8 Å². The predicted octanol–water partition coefficient (Wildman–Crippen LogP) is 6.03. The summed E-state index contributed by atoms with van der Waals surface area (Å²) in [6.45, 7) is 16.1. The van der Waals surface area contributed by atoms with E-state index in [1.165, 1.54) is 30.7 Å². The Morgan fingerprint density at radius 3 is 1.37 bits per heavy atom. The molecule has 0 aromatic heterocycles. The van der Waals surface area contributed by atoms with Crippen LogP contribution in [0.15, 0.2) is 0 Å². The number of quaternary nitrogens is 1. The molecule has 0 atom stereocenters. The molecule has 0 aromatic rings. The molecule has 11 heteroatoms. The molecule has 184 valence electrons. The second kappa shape index (κ2) is 13.1. The summed E-state index contributed by atoms with van der Waals surface area (Å²) in [5.41, 5.74) is 0. The lowest BCUT2D eigenvalue weighted by atomic mass is 10.0. The molecule has 0 N–H and O–H groups in total. The molecular weight excluding hydrogens is 436 g/mol. The van der Waals surface area contributed by atoms with Crippen LogP contribution in [0.5, 0.6) is 0 Å². The summed E-state index contributed by atoms with van der Waals surface area (Å²) in [4.78, 5) is 0. The topological polar surface area (TPSA) is 57.2 Å². The fourth-order valence-corrected chi connectivity index (χ4v) is 3.46. The Morgan fingerprint density at radius 2 is 1.07 bits per heavy atom. The normalized spacial score (nSPS) is 13.7. The smallest absolute Gasteiger partial charge is 0.402 e. The van der Waals surface area contributed by atoms with Crippen molar-refractivity contribution in [2.75, 3.05) is 26.2 Å². The quantitative estimate of drug-likeness (QED) is 0.134. The molecule has 0 rings (SSSR count). The minimum absolute atomic E-state index is 0.126. The highest BCUT2D eigenvalue weighted by atomic mass is 32.2. The third-order valence-electron chi connectivity index (χ3n) is 5.67. The van der Waals surface area contributed by atoms with Gasteiger partial charge in [-0.25, -0.2) is 8.42 Å². The maximum Gasteiger partial charge on any atom is 0.402 e. The Balaban J connectivity index is 0. The Kier molecular flexibility index (Phi) is 13.8. The van der Waals surface area contributed by atoms with Crippen LogP contribution in [-0.2, 0) is 10.1 Å². The summed E-state index contributed by atoms with van der Waals surface area (Å²) in [5.74, 6) is -11.5. The van der Waals surface area contributed by atoms with Crippen LogP contribution in [0, 0.1) is 0 Å². The molecule has 0 aromatic carbocycles. The van der Waals surface area contributed by atoms with Gasteiger partial charge in [-0.05, 0) is 34.1 Å². The minimum Gasteiger partial charge on any atom is -0.743 e. The number of rotatable bonds is 14. The number of unbranched alkanes of at least 4 members (excludes halogenated alkanes) is 5. The number of hydrogen-bond donors (Lipinski definition) is 0. The standard InChI is InChI=1S/C11H18F6O3S.C8H20N/c1-2-3-4-5-6-7-8-9(12,13)10(14,15)11(16,17)21(18,19)20;1-5-9(6-2,7-3)8-4/h2-8H2,1H3,(H,18,19,20);5-8H2,1-4H3/q;+1/p-1. The molecule has 0 saturated carbocycles. The summed E-state index contributed by atoms with van der Waals surface area (Å²) < 4.78 is 109. The molecule has 0 heterocycles. The van der Waals surface area contributed by atoms with E-state index in [0.717, 1.165) is 12.8 Å². The highest BCUT2D eigenvalue weighted by molar-refractivity contribution is 7.86. The van der Waals surface area contributed by atoms with Gasteiger partial charge in [0.05, 0.1) is 26.2 Å². The zero-order valence-electron chi connectivity index (χ0n) is 18.6. The maximum absolute atomic E-state index is 13.2. The molecule has 0 aliphatic rings. The molecule has 0 unspecified atom stereocenters. The summed E-state index contributed by atoms with van der Waals surface area (Å²) in [7, 11) is -6.90. The Hall–Kier alpha value is -0.550. The van der Waals surface area contributed by atoms with E-state index in [-0.39, 0.29) is 6.42 Å². The lowest BCUT2D eigenvalue weighted by Crippen LogP contribution is -2.57. The van der Waals surface area contributed by atoms with E-state index in [1.807, 2.05) is 6.92 Å². The molecule has 0 saturated heterocycles. The van der Waals surface area contributed by atoms with Crippen molar-refractivity contribution in [1.29, 1.82) is 0 Å². The van der Waals surface area contributed by atoms with E-state index >= 15 is 0 Å². The largest absolute Gasteiger partial charge is 0.743 e. The van der Waals surface area contributed by atoms with Crippen molar-refractivity contribution in [2.45, 2.75) is 96.7 Å². The second-order valence-corrected chi connectivity index (χ2v) is 8.80. The zero-order chi connectivity index (χ0) is 24.3. The molecule has 0 amide bonds. The summed E-state index contributed by atoms with van der Waals surface area (Å²) in [6.07, 6.45) is 0.927. The van der Waals surface area contributed by atoms with Crippen molar-refractivity contribution in [3.63, 3.8) is 0 Å². The lowest BCUT2D eigenvalue weighted by Gasteiger charge is -2.34. The highest BCUT2D eigenvalue weighted by Crippen LogP contribution is 2.50. The van der Waals surface area contributed by atoms with Crippen molar-refractivity contribution >= 4 is 10.1 Å². The van der Waals surface area contributed by atoms with E-state index < -0.39 is 40.1 Å². The van der Waals surface area contributed by atoms with Crippen LogP contribution in [0.1, 0.15) is 79.6 Å². The summed E-state index contributed by atoms with van der Waals surface area (Å²) >= 11 is 0. The van der Waals surface area contributed by atoms with Gasteiger partial charge in [0, 0.05) is 6.42 Å². The minimum atomic E-state index is -6.90. The van der Waals surface area contributed by atoms with Crippen LogP contribution < -0.4 is 0 Å². The molecule has 0 fully saturated rings. The first-order chi connectivity index (χ1) is 13.6. The van der Waals surface area contributed by atoms with Crippen molar-refractivity contribution in [3.8, 4) is 0 Å². The molecule has 0 aliphatic carbocycles. The van der Waals surface area contributed by atoms with E-state index in [1.54, 1.807) is 0 Å². The first kappa shape index (κ1) is 31.6. The third kappa shape index (κ3) is 8.53. The van der Waals surface area contributed by atoms with Gasteiger partial charge in [-0.15, -0.1) is 0 Å². The Bertz CT molecular complexity index is 549. The summed E-state index contributed by atoms with van der Waals surface area (Å²) in [6, 6.07) is 0. The summed E-state index contributed by atoms with van der Waals surface area (Å²) in [5, 5.41) is -6.36. The van der Waals surface area contributed by atoms with E-state index in [2.05, 4.69) is 27.7 Å². The number of alkyl halides is 6. The zero-order valence-corrected chi connectivity index (χ0v) is 19.4. The first-order valence-corrected chi connectivity index (χ1v) is 11.9. The average Bonchev–Trinajstić information content (AvgIpc) is 2.66. The molecule has 30 heavy (non-hydrogen) atoms. The fourth-order valence-electron chi connectivity index (χ4n) is 3.00. The average molecular weight is 474 g/mol. The monoisotopic (exact) mass is 473 g/mol. The van der Waals surface area contributed by atoms with Gasteiger partial charge in [-0.2, -0.15) is 26.3 Å². The van der Waals surface area contributed by atoms with Gasteiger partial charge in [0.25, 0.3) is 0 Å². The van der Waals surface area contributed by atoms with Crippen LogP contribution in [0.25, 0.3) is 0 Å². The van der Waals surface area contributed by atoms with Crippen LogP contribution >= 0.6 is 0 Å². The van der Waals surface area contributed by atoms with Gasteiger partial charge in [0.2, 0.25) is 0 Å². The molecule has 0 aliphatic heterocycles. The number of hydrogen-bond acceptors (Lipinski definition) is 3. The molecule has 0 radical (unpaired) electrons. The van der Waals surface area contributed by atoms with Crippen molar-refractivity contribution in [3.05, 3.63) is 0 Å². The molecule has 0 spiro atoms. The van der Waals surface area contributed by atoms with Crippen LogP contribution in [0.2, 0.25) is 0 Å². The highest BCUT2D eigenvalue weighted by Gasteiger charge is 2.74. The maximum atomic E-state index is 13.2. The Morgan fingerprint density at radius 1 is 0.700 bits per heavy atom. The third-order valence-corrected chi connectivity index (χ3v) is 6.55. The van der Waals surface area contributed by atoms with Gasteiger partial charge in [0.1, 0.15) is 0 Å². The van der Waals surface area contributed by atoms with Crippen molar-refractivity contribution in [1.82, 2.24) is 0 Å². The first-order valence-electron chi connectivity index (χ1n) is 10.5. The SMILES string of the molecule is CCCCCCCCC(F)(F)C(F)(F)C(F)(F)S(=O)(=O)[O-].CC[N+](CC)(CC)CC. The second-order valence-electron chi connectivity index (χ2n) is 7.37. The van der Waals surface area contributed by atoms with Crippen LogP contribution in [-0.4, -0.2) is 60.7 Å². The number of halogens is 6. The lowest BCUT2D eigenvalue weighted by molar-refractivity contribution is -0.921. The van der Waals surface area contributed by atoms with Crippen LogP contribution in [0.4, 0.5) is 26.3 Å². The van der Waals surface area contributed by atoms with Crippen LogP contribution in [0.3, 0.4) is 0 Å². The van der Waals surface area contributed by atoms with E-state index in [9.17, 15) is 39.3 Å². The van der Waals surface area contributed by atoms with E-state index in [4.69, 9.17) is 0 Å². The Labute approximate surface area is 177 Å². The van der Waals surface area contributed by atoms with Gasteiger partial charge in [0.15, 0.2) is 10.1 Å².